The van der Waals surface area contributed by atoms with Crippen LogP contribution >= 0.6 is 0 Å². The number of unbranched alkanes of at least 4 members (excludes halogenated alkanes) is 10. The van der Waals surface area contributed by atoms with E-state index in [0.717, 1.165) is 77.0 Å². The molecule has 0 spiro atoms. The van der Waals surface area contributed by atoms with Gasteiger partial charge in [0.05, 0.1) is 6.10 Å². The van der Waals surface area contributed by atoms with Crippen molar-refractivity contribution in [2.45, 2.75) is 116 Å². The summed E-state index contributed by atoms with van der Waals surface area (Å²) in [6.07, 6.45) is 15.7. The van der Waals surface area contributed by atoms with Crippen molar-refractivity contribution in [1.82, 2.24) is 0 Å². The van der Waals surface area contributed by atoms with E-state index in [2.05, 4.69) is 6.58 Å². The first-order valence-corrected chi connectivity index (χ1v) is 11.2. The second-order valence-electron chi connectivity index (χ2n) is 8.14. The van der Waals surface area contributed by atoms with Crippen LogP contribution in [0, 0.1) is 5.92 Å². The maximum absolute atomic E-state index is 10.8. The molecule has 2 atom stereocenters. The topological polar surface area (TPSA) is 94.8 Å². The average molecular weight is 399 g/mol. The van der Waals surface area contributed by atoms with Gasteiger partial charge in [-0.2, -0.15) is 0 Å². The van der Waals surface area contributed by atoms with Crippen LogP contribution in [0.1, 0.15) is 110 Å². The highest BCUT2D eigenvalue weighted by Crippen LogP contribution is 2.19. The highest BCUT2D eigenvalue weighted by molar-refractivity contribution is 5.86. The van der Waals surface area contributed by atoms with E-state index in [1.807, 2.05) is 6.92 Å². The van der Waals surface area contributed by atoms with E-state index >= 15 is 0 Å². The molecule has 5 nitrogen and oxygen atoms in total. The molecule has 0 saturated carbocycles. The van der Waals surface area contributed by atoms with Crippen LogP contribution in [-0.2, 0) is 9.59 Å². The predicted molar refractivity (Wildman–Crippen MR) is 113 cm³/mol. The Balaban J connectivity index is 3.36. The monoisotopic (exact) mass is 398 g/mol. The van der Waals surface area contributed by atoms with E-state index in [-0.39, 0.29) is 18.4 Å². The minimum absolute atomic E-state index is 0.0350. The number of hydrogen-bond acceptors (Lipinski definition) is 3. The Labute approximate surface area is 171 Å². The molecule has 164 valence electrons. The molecular weight excluding hydrogens is 356 g/mol. The predicted octanol–water partition coefficient (Wildman–Crippen LogP) is 5.95. The maximum Gasteiger partial charge on any atom is 0.331 e. The van der Waals surface area contributed by atoms with Gasteiger partial charge in [0.2, 0.25) is 0 Å². The van der Waals surface area contributed by atoms with Crippen LogP contribution in [-0.4, -0.2) is 33.4 Å². The third-order valence-corrected chi connectivity index (χ3v) is 5.47. The van der Waals surface area contributed by atoms with Gasteiger partial charge in [0.25, 0.3) is 0 Å². The van der Waals surface area contributed by atoms with Gasteiger partial charge in [-0.15, -0.1) is 0 Å². The zero-order chi connectivity index (χ0) is 21.2. The minimum Gasteiger partial charge on any atom is -0.481 e. The summed E-state index contributed by atoms with van der Waals surface area (Å²) in [5.41, 5.74) is 0.300. The summed E-state index contributed by atoms with van der Waals surface area (Å²) >= 11 is 0. The first-order valence-electron chi connectivity index (χ1n) is 11.2. The Morgan fingerprint density at radius 1 is 0.714 bits per heavy atom. The molecule has 0 heterocycles. The summed E-state index contributed by atoms with van der Waals surface area (Å²) in [7, 11) is 0. The van der Waals surface area contributed by atoms with E-state index in [4.69, 9.17) is 10.2 Å². The highest BCUT2D eigenvalue weighted by atomic mass is 16.4. The van der Waals surface area contributed by atoms with Crippen molar-refractivity contribution in [1.29, 1.82) is 0 Å². The Hall–Kier alpha value is -1.36. The van der Waals surface area contributed by atoms with Gasteiger partial charge in [-0.3, -0.25) is 4.79 Å². The van der Waals surface area contributed by atoms with Gasteiger partial charge in [0.15, 0.2) is 0 Å². The molecule has 0 amide bonds. The van der Waals surface area contributed by atoms with E-state index in [9.17, 15) is 14.7 Å². The van der Waals surface area contributed by atoms with Crippen molar-refractivity contribution in [3.63, 3.8) is 0 Å². The van der Waals surface area contributed by atoms with Crippen LogP contribution in [0.25, 0.3) is 0 Å². The number of carboxylic acid groups (broad SMARTS) is 2. The molecule has 0 aromatic carbocycles. The van der Waals surface area contributed by atoms with Crippen molar-refractivity contribution in [3.8, 4) is 0 Å². The summed E-state index contributed by atoms with van der Waals surface area (Å²) in [4.78, 5) is 21.2. The lowest BCUT2D eigenvalue weighted by Gasteiger charge is -2.12. The van der Waals surface area contributed by atoms with Gasteiger partial charge in [-0.25, -0.2) is 4.79 Å². The fourth-order valence-electron chi connectivity index (χ4n) is 3.43. The smallest absolute Gasteiger partial charge is 0.331 e. The molecule has 0 saturated heterocycles. The van der Waals surface area contributed by atoms with Gasteiger partial charge in [-0.1, -0.05) is 84.1 Å². The van der Waals surface area contributed by atoms with Crippen molar-refractivity contribution >= 4 is 11.9 Å². The van der Waals surface area contributed by atoms with Crippen LogP contribution in [0.5, 0.6) is 0 Å². The maximum atomic E-state index is 10.8. The molecule has 0 rings (SSSR count). The van der Waals surface area contributed by atoms with Crippen molar-refractivity contribution in [2.24, 2.45) is 5.92 Å². The fourth-order valence-corrected chi connectivity index (χ4v) is 3.43. The second-order valence-corrected chi connectivity index (χ2v) is 8.14. The number of aliphatic hydroxyl groups excluding tert-OH is 1. The Kier molecular flexibility index (Phi) is 16.9. The molecule has 0 bridgehead atoms. The molecule has 0 fully saturated rings. The molecule has 0 aromatic heterocycles. The van der Waals surface area contributed by atoms with E-state index in [0.29, 0.717) is 5.57 Å². The Morgan fingerprint density at radius 3 is 1.54 bits per heavy atom. The largest absolute Gasteiger partial charge is 0.481 e. The third-order valence-electron chi connectivity index (χ3n) is 5.47. The molecule has 2 unspecified atom stereocenters. The number of hydrogen-bond donors (Lipinski definition) is 3. The minimum atomic E-state index is -0.897. The lowest BCUT2D eigenvalue weighted by molar-refractivity contribution is -0.137. The van der Waals surface area contributed by atoms with Gasteiger partial charge < -0.3 is 15.3 Å². The van der Waals surface area contributed by atoms with E-state index < -0.39 is 11.9 Å². The van der Waals surface area contributed by atoms with Crippen molar-refractivity contribution in [3.05, 3.63) is 12.2 Å². The summed E-state index contributed by atoms with van der Waals surface area (Å²) in [6.45, 7) is 5.53. The summed E-state index contributed by atoms with van der Waals surface area (Å²) in [5.74, 6) is -1.56. The zero-order valence-electron chi connectivity index (χ0n) is 17.8. The lowest BCUT2D eigenvalue weighted by Crippen LogP contribution is -2.08. The molecule has 0 radical (unpaired) electrons. The van der Waals surface area contributed by atoms with Crippen molar-refractivity contribution in [2.75, 3.05) is 0 Å². The summed E-state index contributed by atoms with van der Waals surface area (Å²) in [6, 6.07) is 0. The van der Waals surface area contributed by atoms with Crippen molar-refractivity contribution < 1.29 is 24.9 Å². The lowest BCUT2D eigenvalue weighted by atomic mass is 9.95. The van der Waals surface area contributed by atoms with Crippen LogP contribution in [0.4, 0.5) is 0 Å². The van der Waals surface area contributed by atoms with Gasteiger partial charge in [-0.05, 0) is 31.6 Å². The third kappa shape index (κ3) is 16.8. The summed E-state index contributed by atoms with van der Waals surface area (Å²) in [5, 5.41) is 27.5. The summed E-state index contributed by atoms with van der Waals surface area (Å²) < 4.78 is 0. The van der Waals surface area contributed by atoms with E-state index in [1.165, 1.54) is 19.3 Å². The average Bonchev–Trinajstić information content (AvgIpc) is 2.64. The van der Waals surface area contributed by atoms with Crippen LogP contribution in [0.15, 0.2) is 12.2 Å². The second kappa shape index (κ2) is 17.7. The molecule has 0 aliphatic carbocycles. The Bertz CT molecular complexity index is 433. The van der Waals surface area contributed by atoms with Gasteiger partial charge in [0, 0.05) is 12.0 Å². The van der Waals surface area contributed by atoms with E-state index in [1.54, 1.807) is 0 Å². The van der Waals surface area contributed by atoms with Crippen LogP contribution in [0.2, 0.25) is 0 Å². The first-order chi connectivity index (χ1) is 13.3. The van der Waals surface area contributed by atoms with Gasteiger partial charge >= 0.3 is 11.9 Å². The molecule has 0 aliphatic heterocycles. The number of carbonyl (C=O) groups is 2. The number of rotatable bonds is 20. The number of carboxylic acids is 2. The Morgan fingerprint density at radius 2 is 1.11 bits per heavy atom. The molecule has 5 heteroatoms. The molecule has 0 aromatic rings. The zero-order valence-corrected chi connectivity index (χ0v) is 17.8. The number of aliphatic hydroxyl groups is 1. The number of aliphatic carboxylic acids is 2. The molecule has 3 N–H and O–H groups in total. The van der Waals surface area contributed by atoms with Crippen LogP contribution in [0.3, 0.4) is 0 Å². The fraction of sp³-hybridized carbons (Fsp3) is 0.826. The molecule has 0 aliphatic rings. The standard InChI is InChI=1S/C23H42O5/c1-19(20(2)23(27)28)15-11-9-10-13-17-21(24)16-12-7-5-3-4-6-8-14-18-22(25)26/h19,21,24H,2-18H2,1H3,(H,25,26)(H,27,28). The highest BCUT2D eigenvalue weighted by Gasteiger charge is 2.12. The van der Waals surface area contributed by atoms with Crippen LogP contribution < -0.4 is 0 Å². The first kappa shape index (κ1) is 26.6. The van der Waals surface area contributed by atoms with Gasteiger partial charge in [0.1, 0.15) is 0 Å². The molecule has 28 heavy (non-hydrogen) atoms. The normalized spacial score (nSPS) is 13.2. The SMILES string of the molecule is C=C(C(=O)O)C(C)CCCCCCC(O)CCCCCCCCCCC(=O)O. The quantitative estimate of drug-likeness (QED) is 0.174. The molecular formula is C23H42O5.